The predicted octanol–water partition coefficient (Wildman–Crippen LogP) is 0.803. The first-order chi connectivity index (χ1) is 5.20. The van der Waals surface area contributed by atoms with Crippen molar-refractivity contribution in [1.82, 2.24) is 4.90 Å². The average Bonchev–Trinajstić information content (AvgIpc) is 2.06. The molecule has 0 unspecified atom stereocenters. The minimum Gasteiger partial charge on any atom is -0.393 e. The van der Waals surface area contributed by atoms with Gasteiger partial charge in [-0.15, -0.1) is 0 Å². The van der Waals surface area contributed by atoms with E-state index in [0.29, 0.717) is 12.8 Å². The minimum absolute atomic E-state index is 0.315. The zero-order chi connectivity index (χ0) is 8.32. The average molecular weight is 161 g/mol. The lowest BCUT2D eigenvalue weighted by atomic mass is 9.94. The second-order valence-corrected chi connectivity index (χ2v) is 3.24. The highest BCUT2D eigenvalue weighted by atomic mass is 19.1. The number of rotatable bonds is 2. The van der Waals surface area contributed by atoms with Crippen LogP contribution in [0, 0.1) is 0 Å². The van der Waals surface area contributed by atoms with Gasteiger partial charge >= 0.3 is 0 Å². The standard InChI is InChI=1S/C8H16FNO/c1-2-10-5-3-8(9,7-11)4-6-10/h11H,2-7H2,1H3. The molecule has 1 fully saturated rings. The maximum atomic E-state index is 13.3. The number of hydrogen-bond acceptors (Lipinski definition) is 2. The fourth-order valence-electron chi connectivity index (χ4n) is 1.43. The predicted molar refractivity (Wildman–Crippen MR) is 42.3 cm³/mol. The van der Waals surface area contributed by atoms with Crippen LogP contribution in [0.2, 0.25) is 0 Å². The second-order valence-electron chi connectivity index (χ2n) is 3.24. The van der Waals surface area contributed by atoms with E-state index in [9.17, 15) is 4.39 Å². The number of piperidine rings is 1. The van der Waals surface area contributed by atoms with Gasteiger partial charge in [-0.1, -0.05) is 6.92 Å². The molecule has 0 radical (unpaired) electrons. The van der Waals surface area contributed by atoms with Crippen LogP contribution in [0.15, 0.2) is 0 Å². The van der Waals surface area contributed by atoms with Gasteiger partial charge in [0, 0.05) is 13.1 Å². The second kappa shape index (κ2) is 3.50. The van der Waals surface area contributed by atoms with Crippen molar-refractivity contribution in [2.75, 3.05) is 26.2 Å². The lowest BCUT2D eigenvalue weighted by Crippen LogP contribution is -2.43. The molecule has 1 aliphatic heterocycles. The van der Waals surface area contributed by atoms with Gasteiger partial charge < -0.3 is 10.0 Å². The summed E-state index contributed by atoms with van der Waals surface area (Å²) in [7, 11) is 0. The normalized spacial score (nSPS) is 25.4. The highest BCUT2D eigenvalue weighted by Gasteiger charge is 2.32. The molecule has 0 bridgehead atoms. The molecule has 1 heterocycles. The quantitative estimate of drug-likeness (QED) is 0.647. The maximum Gasteiger partial charge on any atom is 0.136 e. The van der Waals surface area contributed by atoms with Crippen LogP contribution in [0.4, 0.5) is 4.39 Å². The van der Waals surface area contributed by atoms with Crippen LogP contribution in [-0.4, -0.2) is 41.9 Å². The number of likely N-dealkylation sites (tertiary alicyclic amines) is 1. The number of aliphatic hydroxyl groups is 1. The fourth-order valence-corrected chi connectivity index (χ4v) is 1.43. The summed E-state index contributed by atoms with van der Waals surface area (Å²) in [6, 6.07) is 0. The molecule has 66 valence electrons. The zero-order valence-electron chi connectivity index (χ0n) is 7.02. The van der Waals surface area contributed by atoms with Crippen LogP contribution in [0.1, 0.15) is 19.8 Å². The van der Waals surface area contributed by atoms with Gasteiger partial charge in [-0.25, -0.2) is 4.39 Å². The van der Waals surface area contributed by atoms with Gasteiger partial charge in [0.2, 0.25) is 0 Å². The van der Waals surface area contributed by atoms with E-state index in [0.717, 1.165) is 19.6 Å². The largest absolute Gasteiger partial charge is 0.393 e. The molecule has 1 N–H and O–H groups in total. The first kappa shape index (κ1) is 8.94. The van der Waals surface area contributed by atoms with Crippen molar-refractivity contribution >= 4 is 0 Å². The van der Waals surface area contributed by atoms with Gasteiger partial charge in [-0.2, -0.15) is 0 Å². The smallest absolute Gasteiger partial charge is 0.136 e. The SMILES string of the molecule is CCN1CCC(F)(CO)CC1. The van der Waals surface area contributed by atoms with E-state index in [-0.39, 0.29) is 6.61 Å². The Balaban J connectivity index is 2.35. The lowest BCUT2D eigenvalue weighted by Gasteiger charge is -2.34. The van der Waals surface area contributed by atoms with Crippen LogP contribution in [0.5, 0.6) is 0 Å². The van der Waals surface area contributed by atoms with Gasteiger partial charge in [0.15, 0.2) is 0 Å². The molecule has 0 saturated carbocycles. The Bertz CT molecular complexity index is 121. The highest BCUT2D eigenvalue weighted by molar-refractivity contribution is 4.85. The molecule has 0 amide bonds. The molecule has 1 aliphatic rings. The topological polar surface area (TPSA) is 23.5 Å². The summed E-state index contributed by atoms with van der Waals surface area (Å²) in [5.41, 5.74) is -1.29. The fraction of sp³-hybridized carbons (Fsp3) is 1.00. The van der Waals surface area contributed by atoms with E-state index in [1.807, 2.05) is 0 Å². The van der Waals surface area contributed by atoms with Crippen LogP contribution in [0.25, 0.3) is 0 Å². The van der Waals surface area contributed by atoms with Crippen molar-refractivity contribution in [3.05, 3.63) is 0 Å². The first-order valence-corrected chi connectivity index (χ1v) is 4.22. The van der Waals surface area contributed by atoms with E-state index < -0.39 is 5.67 Å². The molecule has 0 aromatic rings. The van der Waals surface area contributed by atoms with Gasteiger partial charge in [0.1, 0.15) is 5.67 Å². The number of nitrogens with zero attached hydrogens (tertiary/aromatic N) is 1. The van der Waals surface area contributed by atoms with E-state index in [2.05, 4.69) is 11.8 Å². The monoisotopic (exact) mass is 161 g/mol. The Labute approximate surface area is 67.0 Å². The van der Waals surface area contributed by atoms with Gasteiger partial charge in [-0.05, 0) is 19.4 Å². The molecule has 0 aromatic heterocycles. The van der Waals surface area contributed by atoms with Gasteiger partial charge in [0.05, 0.1) is 6.61 Å². The third-order valence-corrected chi connectivity index (χ3v) is 2.48. The minimum atomic E-state index is -1.29. The Morgan fingerprint density at radius 2 is 2.00 bits per heavy atom. The Hall–Kier alpha value is -0.150. The molecule has 3 heteroatoms. The van der Waals surface area contributed by atoms with Gasteiger partial charge in [-0.3, -0.25) is 0 Å². The summed E-state index contributed by atoms with van der Waals surface area (Å²) in [5.74, 6) is 0. The van der Waals surface area contributed by atoms with Crippen LogP contribution in [-0.2, 0) is 0 Å². The summed E-state index contributed by atoms with van der Waals surface area (Å²) >= 11 is 0. The van der Waals surface area contributed by atoms with Crippen LogP contribution in [0.3, 0.4) is 0 Å². The van der Waals surface area contributed by atoms with E-state index in [4.69, 9.17) is 5.11 Å². The van der Waals surface area contributed by atoms with E-state index >= 15 is 0 Å². The molecule has 0 atom stereocenters. The zero-order valence-corrected chi connectivity index (χ0v) is 7.02. The summed E-state index contributed by atoms with van der Waals surface area (Å²) < 4.78 is 13.3. The van der Waals surface area contributed by atoms with Crippen molar-refractivity contribution in [2.45, 2.75) is 25.4 Å². The number of aliphatic hydroxyl groups excluding tert-OH is 1. The van der Waals surface area contributed by atoms with Crippen molar-refractivity contribution in [2.24, 2.45) is 0 Å². The summed E-state index contributed by atoms with van der Waals surface area (Å²) in [5, 5.41) is 8.72. The van der Waals surface area contributed by atoms with Crippen molar-refractivity contribution in [3.63, 3.8) is 0 Å². The summed E-state index contributed by atoms with van der Waals surface area (Å²) in [4.78, 5) is 2.20. The van der Waals surface area contributed by atoms with E-state index in [1.54, 1.807) is 0 Å². The maximum absolute atomic E-state index is 13.3. The van der Waals surface area contributed by atoms with E-state index in [1.165, 1.54) is 0 Å². The molecule has 2 nitrogen and oxygen atoms in total. The Morgan fingerprint density at radius 1 is 1.45 bits per heavy atom. The lowest BCUT2D eigenvalue weighted by molar-refractivity contribution is 0.0102. The van der Waals surface area contributed by atoms with Gasteiger partial charge in [0.25, 0.3) is 0 Å². The number of halogens is 1. The Morgan fingerprint density at radius 3 is 2.36 bits per heavy atom. The molecule has 0 aliphatic carbocycles. The molecular formula is C8H16FNO. The molecule has 11 heavy (non-hydrogen) atoms. The van der Waals surface area contributed by atoms with Crippen LogP contribution < -0.4 is 0 Å². The van der Waals surface area contributed by atoms with Crippen molar-refractivity contribution in [1.29, 1.82) is 0 Å². The molecule has 0 aromatic carbocycles. The summed E-state index contributed by atoms with van der Waals surface area (Å²) in [6.07, 6.45) is 0.967. The molecule has 0 spiro atoms. The van der Waals surface area contributed by atoms with Crippen molar-refractivity contribution < 1.29 is 9.50 Å². The summed E-state index contributed by atoms with van der Waals surface area (Å²) in [6.45, 7) is 4.32. The third kappa shape index (κ3) is 2.14. The molecular weight excluding hydrogens is 145 g/mol. The molecule has 1 saturated heterocycles. The Kier molecular flexibility index (Phi) is 2.84. The van der Waals surface area contributed by atoms with Crippen molar-refractivity contribution in [3.8, 4) is 0 Å². The first-order valence-electron chi connectivity index (χ1n) is 4.22. The number of hydrogen-bond donors (Lipinski definition) is 1. The number of alkyl halides is 1. The van der Waals surface area contributed by atoms with Crippen LogP contribution >= 0.6 is 0 Å². The highest BCUT2D eigenvalue weighted by Crippen LogP contribution is 2.25. The molecule has 1 rings (SSSR count). The third-order valence-electron chi connectivity index (χ3n) is 2.48.